The molecule has 1 atom stereocenters. The van der Waals surface area contributed by atoms with E-state index in [0.29, 0.717) is 8.78 Å². The molecule has 0 aliphatic carbocycles. The lowest BCUT2D eigenvalue weighted by Crippen LogP contribution is -2.45. The van der Waals surface area contributed by atoms with Gasteiger partial charge >= 0.3 is 0 Å². The number of nitrogens with zero attached hydrogens (tertiary/aromatic N) is 1. The molecule has 1 aliphatic heterocycles. The lowest BCUT2D eigenvalue weighted by Gasteiger charge is -2.24. The molecule has 9 heteroatoms. The maximum atomic E-state index is 14.0. The molecule has 1 fully saturated rings. The van der Waals surface area contributed by atoms with Crippen LogP contribution in [0.5, 0.6) is 0 Å². The van der Waals surface area contributed by atoms with Crippen molar-refractivity contribution in [1.29, 1.82) is 0 Å². The zero-order chi connectivity index (χ0) is 19.8. The van der Waals surface area contributed by atoms with Gasteiger partial charge in [0.2, 0.25) is 11.8 Å². The molecule has 0 spiro atoms. The summed E-state index contributed by atoms with van der Waals surface area (Å²) in [6.07, 6.45) is -0.0418. The van der Waals surface area contributed by atoms with E-state index in [1.165, 1.54) is 24.3 Å². The summed E-state index contributed by atoms with van der Waals surface area (Å²) in [6.45, 7) is 1.81. The minimum absolute atomic E-state index is 0.0356. The summed E-state index contributed by atoms with van der Waals surface area (Å²) < 4.78 is 40.8. The molecule has 1 heterocycles. The molecule has 27 heavy (non-hydrogen) atoms. The highest BCUT2D eigenvalue weighted by Gasteiger charge is 2.44. The van der Waals surface area contributed by atoms with Gasteiger partial charge in [0, 0.05) is 10.9 Å². The lowest BCUT2D eigenvalue weighted by atomic mass is 10.2. The van der Waals surface area contributed by atoms with Crippen molar-refractivity contribution in [3.8, 4) is 0 Å². The molecule has 1 aliphatic rings. The van der Waals surface area contributed by atoms with Gasteiger partial charge in [-0.1, -0.05) is 33.6 Å². The lowest BCUT2D eigenvalue weighted by molar-refractivity contribution is -0.128. The topological polar surface area (TPSA) is 83.6 Å². The number of benzene rings is 2. The number of hydrogen-bond acceptors (Lipinski definition) is 4. The van der Waals surface area contributed by atoms with Crippen molar-refractivity contribution in [2.75, 3.05) is 5.32 Å². The SMILES string of the molecule is Cc1ccc(S(=O)(=O)N2C(=O)CC[C@@H]2C(=O)Nc2ccc(Br)cc2F)cc1. The van der Waals surface area contributed by atoms with Crippen LogP contribution in [0.25, 0.3) is 0 Å². The van der Waals surface area contributed by atoms with E-state index < -0.39 is 33.7 Å². The molecule has 1 N–H and O–H groups in total. The Hall–Kier alpha value is -2.26. The van der Waals surface area contributed by atoms with Crippen LogP contribution in [0.4, 0.5) is 10.1 Å². The van der Waals surface area contributed by atoms with Gasteiger partial charge in [-0.05, 0) is 43.7 Å². The first kappa shape index (κ1) is 19.5. The van der Waals surface area contributed by atoms with Crippen LogP contribution in [0.2, 0.25) is 0 Å². The van der Waals surface area contributed by atoms with Gasteiger partial charge in [-0.15, -0.1) is 0 Å². The number of nitrogens with one attached hydrogen (secondary N) is 1. The van der Waals surface area contributed by atoms with Crippen molar-refractivity contribution in [3.05, 3.63) is 58.3 Å². The number of rotatable bonds is 4. The molecule has 0 bridgehead atoms. The third-order valence-electron chi connectivity index (χ3n) is 4.23. The van der Waals surface area contributed by atoms with Gasteiger partial charge in [0.1, 0.15) is 11.9 Å². The van der Waals surface area contributed by atoms with Crippen molar-refractivity contribution in [2.45, 2.75) is 30.7 Å². The van der Waals surface area contributed by atoms with Crippen molar-refractivity contribution in [3.63, 3.8) is 0 Å². The summed E-state index contributed by atoms with van der Waals surface area (Å²) in [4.78, 5) is 24.7. The molecule has 6 nitrogen and oxygen atoms in total. The normalized spacial score (nSPS) is 17.2. The van der Waals surface area contributed by atoms with E-state index in [1.54, 1.807) is 25.1 Å². The first-order chi connectivity index (χ1) is 12.7. The van der Waals surface area contributed by atoms with Crippen molar-refractivity contribution >= 4 is 43.5 Å². The van der Waals surface area contributed by atoms with E-state index in [1.807, 2.05) is 0 Å². The summed E-state index contributed by atoms with van der Waals surface area (Å²) >= 11 is 3.12. The highest BCUT2D eigenvalue weighted by Crippen LogP contribution is 2.29. The van der Waals surface area contributed by atoms with Gasteiger partial charge in [-0.25, -0.2) is 17.1 Å². The Balaban J connectivity index is 1.89. The Bertz CT molecular complexity index is 1010. The summed E-state index contributed by atoms with van der Waals surface area (Å²) in [6, 6.07) is 8.84. The summed E-state index contributed by atoms with van der Waals surface area (Å²) in [5.74, 6) is -2.08. The van der Waals surface area contributed by atoms with Crippen LogP contribution in [0, 0.1) is 12.7 Å². The maximum Gasteiger partial charge on any atom is 0.267 e. The van der Waals surface area contributed by atoms with Crippen LogP contribution in [-0.4, -0.2) is 30.6 Å². The first-order valence-corrected chi connectivity index (χ1v) is 10.3. The largest absolute Gasteiger partial charge is 0.322 e. The second-order valence-corrected chi connectivity index (χ2v) is 8.91. The van der Waals surface area contributed by atoms with Crippen molar-refractivity contribution in [2.24, 2.45) is 0 Å². The molecule has 0 aromatic heterocycles. The molecular weight excluding hydrogens is 439 g/mol. The van der Waals surface area contributed by atoms with Crippen LogP contribution in [0.3, 0.4) is 0 Å². The van der Waals surface area contributed by atoms with Gasteiger partial charge < -0.3 is 5.32 Å². The van der Waals surface area contributed by atoms with Crippen molar-refractivity contribution in [1.82, 2.24) is 4.31 Å². The number of anilines is 1. The Kier molecular flexibility index (Phi) is 5.34. The van der Waals surface area contributed by atoms with Gasteiger partial charge in [0.25, 0.3) is 10.0 Å². The predicted octanol–water partition coefficient (Wildman–Crippen LogP) is 3.22. The fourth-order valence-electron chi connectivity index (χ4n) is 2.83. The van der Waals surface area contributed by atoms with Gasteiger partial charge in [0.05, 0.1) is 10.6 Å². The molecule has 1 saturated heterocycles. The highest BCUT2D eigenvalue weighted by molar-refractivity contribution is 9.10. The average molecular weight is 455 g/mol. The van der Waals surface area contributed by atoms with E-state index in [-0.39, 0.29) is 23.4 Å². The maximum absolute atomic E-state index is 14.0. The summed E-state index contributed by atoms with van der Waals surface area (Å²) in [7, 11) is -4.19. The Labute approximate surface area is 164 Å². The molecule has 0 unspecified atom stereocenters. The fourth-order valence-corrected chi connectivity index (χ4v) is 4.77. The van der Waals surface area contributed by atoms with Gasteiger partial charge in [0.15, 0.2) is 0 Å². The van der Waals surface area contributed by atoms with Crippen LogP contribution in [0.15, 0.2) is 51.8 Å². The number of sulfonamides is 1. The number of hydrogen-bond donors (Lipinski definition) is 1. The van der Waals surface area contributed by atoms with Gasteiger partial charge in [-0.2, -0.15) is 0 Å². The van der Waals surface area contributed by atoms with E-state index in [2.05, 4.69) is 21.2 Å². The first-order valence-electron chi connectivity index (χ1n) is 8.10. The highest BCUT2D eigenvalue weighted by atomic mass is 79.9. The molecule has 2 amide bonds. The quantitative estimate of drug-likeness (QED) is 0.768. The monoisotopic (exact) mass is 454 g/mol. The minimum Gasteiger partial charge on any atom is -0.322 e. The number of carbonyl (C=O) groups is 2. The molecule has 2 aromatic carbocycles. The summed E-state index contributed by atoms with van der Waals surface area (Å²) in [5.41, 5.74) is 0.775. The number of halogens is 2. The van der Waals surface area contributed by atoms with E-state index in [0.717, 1.165) is 5.56 Å². The van der Waals surface area contributed by atoms with Crippen LogP contribution in [0.1, 0.15) is 18.4 Å². The Morgan fingerprint density at radius 2 is 1.89 bits per heavy atom. The van der Waals surface area contributed by atoms with Crippen molar-refractivity contribution < 1.29 is 22.4 Å². The predicted molar refractivity (Wildman–Crippen MR) is 101 cm³/mol. The number of aryl methyl sites for hydroxylation is 1. The zero-order valence-electron chi connectivity index (χ0n) is 14.3. The average Bonchev–Trinajstić information content (AvgIpc) is 3.00. The molecule has 0 saturated carbocycles. The third kappa shape index (κ3) is 3.89. The third-order valence-corrected chi connectivity index (χ3v) is 6.57. The molecule has 3 rings (SSSR count). The number of amides is 2. The van der Waals surface area contributed by atoms with E-state index >= 15 is 0 Å². The smallest absolute Gasteiger partial charge is 0.267 e. The molecule has 142 valence electrons. The Morgan fingerprint density at radius 1 is 1.22 bits per heavy atom. The second-order valence-electron chi connectivity index (χ2n) is 6.18. The van der Waals surface area contributed by atoms with Crippen LogP contribution >= 0.6 is 15.9 Å². The standard InChI is InChI=1S/C18H16BrFN2O4S/c1-11-2-5-13(6-3-11)27(25,26)22-16(8-9-17(22)23)18(24)21-15-7-4-12(19)10-14(15)20/h2-7,10,16H,8-9H2,1H3,(H,21,24)/t16-/m1/s1. The van der Waals surface area contributed by atoms with Gasteiger partial charge in [-0.3, -0.25) is 9.59 Å². The molecular formula is C18H16BrFN2O4S. The Morgan fingerprint density at radius 3 is 2.52 bits per heavy atom. The second kappa shape index (κ2) is 7.40. The summed E-state index contributed by atoms with van der Waals surface area (Å²) in [5, 5.41) is 2.37. The minimum atomic E-state index is -4.19. The van der Waals surface area contributed by atoms with E-state index in [4.69, 9.17) is 0 Å². The molecule has 2 aromatic rings. The van der Waals surface area contributed by atoms with Crippen LogP contribution in [-0.2, 0) is 19.6 Å². The molecule has 0 radical (unpaired) electrons. The number of carbonyl (C=O) groups excluding carboxylic acids is 2. The fraction of sp³-hybridized carbons (Fsp3) is 0.222. The van der Waals surface area contributed by atoms with E-state index in [9.17, 15) is 22.4 Å². The zero-order valence-corrected chi connectivity index (χ0v) is 16.7. The van der Waals surface area contributed by atoms with Crippen LogP contribution < -0.4 is 5.32 Å².